The molecule has 214 valence electrons. The first-order chi connectivity index (χ1) is 19.2. The van der Waals surface area contributed by atoms with Crippen LogP contribution in [0.5, 0.6) is 0 Å². The van der Waals surface area contributed by atoms with E-state index in [4.69, 9.17) is 43.0 Å². The first kappa shape index (κ1) is 32.9. The van der Waals surface area contributed by atoms with Crippen LogP contribution in [0.15, 0.2) is 35.2 Å². The molecule has 1 aromatic carbocycles. The summed E-state index contributed by atoms with van der Waals surface area (Å²) in [6.07, 6.45) is 11.4. The van der Waals surface area contributed by atoms with E-state index in [9.17, 15) is 19.5 Å². The number of benzene rings is 1. The Balaban J connectivity index is 2.82. The quantitative estimate of drug-likeness (QED) is 0.274. The maximum atomic E-state index is 13.5. The van der Waals surface area contributed by atoms with E-state index in [1.54, 1.807) is 24.3 Å². The highest BCUT2D eigenvalue weighted by molar-refractivity contribution is 8.01. The third-order valence-corrected chi connectivity index (χ3v) is 7.27. The molecule has 1 fully saturated rings. The number of imide groups is 1. The molecule has 2 rings (SSSR count). The standard InChI is InChI=1S/C29H33NO9S/c1-7-15-36-23-18-29(28(34)35-6,40-22-13-11-10-12-14-22)39-27(25(23)30(20(4)32)21(5)33)26(38-17-9-3)24(19-31)37-16-8-2/h1-3,10-14,23-27,31H,15-19H2,4-6H3/t23-,24+,25+,26+,27+,29-/m0/s1. The molecule has 11 heteroatoms. The number of thioether (sulfide) groups is 1. The van der Waals surface area contributed by atoms with E-state index in [-0.39, 0.29) is 26.2 Å². The molecule has 0 bridgehead atoms. The lowest BCUT2D eigenvalue weighted by Crippen LogP contribution is -2.69. The number of amides is 2. The molecule has 1 heterocycles. The van der Waals surface area contributed by atoms with Gasteiger partial charge in [0.15, 0.2) is 0 Å². The van der Waals surface area contributed by atoms with Gasteiger partial charge in [-0.1, -0.05) is 47.7 Å². The van der Waals surface area contributed by atoms with E-state index in [2.05, 4.69) is 17.8 Å². The van der Waals surface area contributed by atoms with Gasteiger partial charge in [-0.05, 0) is 12.1 Å². The van der Waals surface area contributed by atoms with Gasteiger partial charge in [0, 0.05) is 25.2 Å². The Morgan fingerprint density at radius 1 is 1.07 bits per heavy atom. The highest BCUT2D eigenvalue weighted by atomic mass is 32.2. The van der Waals surface area contributed by atoms with Gasteiger partial charge >= 0.3 is 5.97 Å². The van der Waals surface area contributed by atoms with Crippen LogP contribution >= 0.6 is 11.8 Å². The van der Waals surface area contributed by atoms with Crippen molar-refractivity contribution >= 4 is 29.5 Å². The molecule has 0 radical (unpaired) electrons. The SMILES string of the molecule is C#CCO[C@@H]([C@@H]1O[C@@](Sc2ccccc2)(C(=O)OC)C[C@H](OCC#C)[C@H]1N(C(C)=O)C(C)=O)[C@@H](CO)OCC#C. The fourth-order valence-corrected chi connectivity index (χ4v) is 5.75. The topological polar surface area (TPSA) is 121 Å². The van der Waals surface area contributed by atoms with Gasteiger partial charge in [0.05, 0.1) is 25.9 Å². The number of methoxy groups -OCH3 is 1. The maximum absolute atomic E-state index is 13.5. The minimum absolute atomic E-state index is 0.171. The number of carbonyl (C=O) groups excluding carboxylic acids is 3. The van der Waals surface area contributed by atoms with Crippen LogP contribution in [0.1, 0.15) is 20.3 Å². The van der Waals surface area contributed by atoms with Gasteiger partial charge in [-0.15, -0.1) is 19.3 Å². The molecule has 1 aliphatic rings. The normalized spacial score (nSPS) is 23.5. The molecular formula is C29H33NO9S. The lowest BCUT2D eigenvalue weighted by molar-refractivity contribution is -0.232. The summed E-state index contributed by atoms with van der Waals surface area (Å²) in [7, 11) is 1.20. The fourth-order valence-electron chi connectivity index (χ4n) is 4.50. The van der Waals surface area contributed by atoms with E-state index < -0.39 is 59.8 Å². The Hall–Kier alpha value is -3.34. The molecule has 0 aromatic heterocycles. The van der Waals surface area contributed by atoms with Gasteiger partial charge in [-0.3, -0.25) is 14.5 Å². The zero-order chi connectivity index (χ0) is 29.7. The number of carbonyl (C=O) groups is 3. The molecule has 40 heavy (non-hydrogen) atoms. The summed E-state index contributed by atoms with van der Waals surface area (Å²) >= 11 is 1.05. The molecule has 0 spiro atoms. The number of aliphatic hydroxyl groups excluding tert-OH is 1. The number of rotatable bonds is 13. The number of nitrogens with zero attached hydrogens (tertiary/aromatic N) is 1. The molecule has 1 aromatic rings. The summed E-state index contributed by atoms with van der Waals surface area (Å²) in [5.74, 6) is 5.02. The van der Waals surface area contributed by atoms with Crippen LogP contribution in [-0.4, -0.2) is 96.7 Å². The van der Waals surface area contributed by atoms with Gasteiger partial charge in [-0.25, -0.2) is 4.79 Å². The summed E-state index contributed by atoms with van der Waals surface area (Å²) in [5, 5.41) is 10.2. The molecule has 0 saturated carbocycles. The third-order valence-electron chi connectivity index (χ3n) is 6.00. The number of aliphatic hydroxyl groups is 1. The summed E-state index contributed by atoms with van der Waals surface area (Å²) in [4.78, 5) is 38.9. The van der Waals surface area contributed by atoms with Crippen LogP contribution in [0.3, 0.4) is 0 Å². The van der Waals surface area contributed by atoms with Crippen LogP contribution in [0.2, 0.25) is 0 Å². The van der Waals surface area contributed by atoms with E-state index in [0.29, 0.717) is 4.90 Å². The number of terminal acetylenes is 3. The minimum atomic E-state index is -1.76. The molecule has 0 aliphatic carbocycles. The minimum Gasteiger partial charge on any atom is -0.466 e. The zero-order valence-electron chi connectivity index (χ0n) is 22.6. The Bertz CT molecular complexity index is 1120. The van der Waals surface area contributed by atoms with Crippen molar-refractivity contribution < 1.29 is 43.2 Å². The van der Waals surface area contributed by atoms with Crippen LogP contribution in [-0.2, 0) is 38.1 Å². The van der Waals surface area contributed by atoms with Crippen LogP contribution in [0, 0.1) is 37.0 Å². The first-order valence-corrected chi connectivity index (χ1v) is 13.1. The Morgan fingerprint density at radius 3 is 2.20 bits per heavy atom. The lowest BCUT2D eigenvalue weighted by Gasteiger charge is -2.51. The van der Waals surface area contributed by atoms with Gasteiger partial charge in [-0.2, -0.15) is 0 Å². The summed E-state index contributed by atoms with van der Waals surface area (Å²) in [6, 6.07) is 7.74. The second kappa shape index (κ2) is 16.1. The molecule has 2 amide bonds. The molecule has 6 atom stereocenters. The molecule has 1 saturated heterocycles. The van der Waals surface area contributed by atoms with Gasteiger partial charge in [0.25, 0.3) is 0 Å². The van der Waals surface area contributed by atoms with Crippen LogP contribution in [0.4, 0.5) is 0 Å². The number of hydrogen-bond acceptors (Lipinski definition) is 10. The molecule has 1 aliphatic heterocycles. The Labute approximate surface area is 239 Å². The smallest absolute Gasteiger partial charge is 0.349 e. The van der Waals surface area contributed by atoms with Crippen molar-refractivity contribution in [2.75, 3.05) is 33.5 Å². The first-order valence-electron chi connectivity index (χ1n) is 12.3. The Kier molecular flexibility index (Phi) is 13.2. The second-order valence-electron chi connectivity index (χ2n) is 8.61. The monoisotopic (exact) mass is 571 g/mol. The van der Waals surface area contributed by atoms with Crippen molar-refractivity contribution in [1.82, 2.24) is 4.90 Å². The van der Waals surface area contributed by atoms with E-state index >= 15 is 0 Å². The molecule has 0 unspecified atom stereocenters. The molecular weight excluding hydrogens is 538 g/mol. The van der Waals surface area contributed by atoms with Crippen molar-refractivity contribution in [1.29, 1.82) is 0 Å². The summed E-state index contributed by atoms with van der Waals surface area (Å²) in [5.41, 5.74) is 0. The fraction of sp³-hybridized carbons (Fsp3) is 0.483. The van der Waals surface area contributed by atoms with Crippen molar-refractivity contribution in [3.63, 3.8) is 0 Å². The van der Waals surface area contributed by atoms with Crippen molar-refractivity contribution in [3.05, 3.63) is 30.3 Å². The second-order valence-corrected chi connectivity index (χ2v) is 9.95. The van der Waals surface area contributed by atoms with Crippen molar-refractivity contribution in [2.24, 2.45) is 0 Å². The maximum Gasteiger partial charge on any atom is 0.349 e. The van der Waals surface area contributed by atoms with Crippen molar-refractivity contribution in [2.45, 2.75) is 60.6 Å². The number of ether oxygens (including phenoxy) is 5. The molecule has 1 N–H and O–H groups in total. The van der Waals surface area contributed by atoms with Gasteiger partial charge < -0.3 is 28.8 Å². The third kappa shape index (κ3) is 8.09. The predicted molar refractivity (Wildman–Crippen MR) is 146 cm³/mol. The molecule has 10 nitrogen and oxygen atoms in total. The number of hydrogen-bond donors (Lipinski definition) is 1. The average Bonchev–Trinajstić information content (AvgIpc) is 2.94. The lowest BCUT2D eigenvalue weighted by atomic mass is 9.88. The highest BCUT2D eigenvalue weighted by Gasteiger charge is 2.59. The van der Waals surface area contributed by atoms with E-state index in [0.717, 1.165) is 16.7 Å². The number of esters is 1. The Morgan fingerprint density at radius 2 is 1.68 bits per heavy atom. The van der Waals surface area contributed by atoms with Crippen molar-refractivity contribution in [3.8, 4) is 37.0 Å². The highest BCUT2D eigenvalue weighted by Crippen LogP contribution is 2.46. The van der Waals surface area contributed by atoms with Gasteiger partial charge in [0.2, 0.25) is 16.7 Å². The van der Waals surface area contributed by atoms with E-state index in [1.807, 2.05) is 6.07 Å². The average molecular weight is 572 g/mol. The summed E-state index contributed by atoms with van der Waals surface area (Å²) < 4.78 is 29.2. The van der Waals surface area contributed by atoms with E-state index in [1.165, 1.54) is 21.0 Å². The predicted octanol–water partition coefficient (Wildman–Crippen LogP) is 1.25. The largest absolute Gasteiger partial charge is 0.466 e. The van der Waals surface area contributed by atoms with Crippen LogP contribution < -0.4 is 0 Å². The zero-order valence-corrected chi connectivity index (χ0v) is 23.4. The summed E-state index contributed by atoms with van der Waals surface area (Å²) in [6.45, 7) is 1.12. The van der Waals surface area contributed by atoms with Crippen LogP contribution in [0.25, 0.3) is 0 Å². The van der Waals surface area contributed by atoms with Gasteiger partial charge in [0.1, 0.15) is 38.1 Å².